The van der Waals surface area contributed by atoms with Crippen LogP contribution in [0.4, 0.5) is 4.79 Å². The number of benzene rings is 1. The number of alkyl carbamates (subject to hydrolysis) is 1. The summed E-state index contributed by atoms with van der Waals surface area (Å²) in [4.78, 5) is 24.2. The molecule has 0 bridgehead atoms. The average Bonchev–Trinajstić information content (AvgIpc) is 2.89. The summed E-state index contributed by atoms with van der Waals surface area (Å²) in [5, 5.41) is 6.84. The van der Waals surface area contributed by atoms with Gasteiger partial charge in [-0.15, -0.1) is 0 Å². The van der Waals surface area contributed by atoms with E-state index in [0.29, 0.717) is 6.54 Å². The lowest BCUT2D eigenvalue weighted by Crippen LogP contribution is -3.12. The summed E-state index contributed by atoms with van der Waals surface area (Å²) in [6.45, 7) is 6.39. The number of quaternary nitrogens is 1. The Kier molecular flexibility index (Phi) is 5.93. The largest absolute Gasteiger partial charge is 0.453 e. The number of hydrogen-bond acceptors (Lipinski definition) is 4. The first kappa shape index (κ1) is 18.7. The number of methoxy groups -OCH3 is 1. The SMILES string of the molecule is COC(=O)NC(=O)[C@H](C)[NH+](C)Cc1c(C)nn(-c2ccccc2)c1C. The topological polar surface area (TPSA) is 77.7 Å². The zero-order valence-corrected chi connectivity index (χ0v) is 15.3. The molecular formula is C18H25N4O3+. The van der Waals surface area contributed by atoms with Gasteiger partial charge in [-0.25, -0.2) is 9.48 Å². The molecule has 7 nitrogen and oxygen atoms in total. The van der Waals surface area contributed by atoms with Gasteiger partial charge in [-0.05, 0) is 32.9 Å². The van der Waals surface area contributed by atoms with Crippen molar-refractivity contribution >= 4 is 12.0 Å². The number of ether oxygens (including phenoxy) is 1. The highest BCUT2D eigenvalue weighted by Gasteiger charge is 2.26. The van der Waals surface area contributed by atoms with Crippen LogP contribution in [0.2, 0.25) is 0 Å². The van der Waals surface area contributed by atoms with E-state index in [-0.39, 0.29) is 5.91 Å². The molecule has 2 atom stereocenters. The molecule has 2 amide bonds. The minimum absolute atomic E-state index is 0.366. The van der Waals surface area contributed by atoms with Gasteiger partial charge in [-0.3, -0.25) is 10.1 Å². The maximum atomic E-state index is 12.1. The van der Waals surface area contributed by atoms with Crippen molar-refractivity contribution in [2.75, 3.05) is 14.2 Å². The Morgan fingerprint density at radius 1 is 1.28 bits per heavy atom. The van der Waals surface area contributed by atoms with Gasteiger partial charge >= 0.3 is 6.09 Å². The van der Waals surface area contributed by atoms with Crippen molar-refractivity contribution in [3.05, 3.63) is 47.3 Å². The van der Waals surface area contributed by atoms with Gasteiger partial charge in [0.05, 0.1) is 36.8 Å². The number of amides is 2. The van der Waals surface area contributed by atoms with Crippen LogP contribution >= 0.6 is 0 Å². The molecule has 0 aliphatic rings. The van der Waals surface area contributed by atoms with E-state index < -0.39 is 12.1 Å². The number of rotatable bonds is 5. The number of aromatic nitrogens is 2. The Hall–Kier alpha value is -2.67. The van der Waals surface area contributed by atoms with Crippen molar-refractivity contribution in [1.82, 2.24) is 15.1 Å². The zero-order chi connectivity index (χ0) is 18.6. The van der Waals surface area contributed by atoms with Crippen molar-refractivity contribution in [2.24, 2.45) is 0 Å². The first-order valence-corrected chi connectivity index (χ1v) is 8.16. The fraction of sp³-hybridized carbons (Fsp3) is 0.389. The Morgan fingerprint density at radius 3 is 2.52 bits per heavy atom. The van der Waals surface area contributed by atoms with E-state index in [1.165, 1.54) is 7.11 Å². The maximum absolute atomic E-state index is 12.1. The Labute approximate surface area is 147 Å². The molecule has 7 heteroatoms. The molecule has 0 saturated heterocycles. The van der Waals surface area contributed by atoms with Gasteiger partial charge in [-0.1, -0.05) is 18.2 Å². The second-order valence-electron chi connectivity index (χ2n) is 6.12. The monoisotopic (exact) mass is 345 g/mol. The summed E-state index contributed by atoms with van der Waals surface area (Å²) in [5.41, 5.74) is 4.08. The second-order valence-corrected chi connectivity index (χ2v) is 6.12. The lowest BCUT2D eigenvalue weighted by Gasteiger charge is -2.20. The predicted octanol–water partition coefficient (Wildman–Crippen LogP) is 0.775. The lowest BCUT2D eigenvalue weighted by molar-refractivity contribution is -0.908. The number of nitrogens with zero attached hydrogens (tertiary/aromatic N) is 2. The highest BCUT2D eigenvalue weighted by atomic mass is 16.5. The standard InChI is InChI=1S/C18H24N4O3/c1-12-16(11-21(4)14(3)17(23)19-18(24)25-5)13(2)22(20-12)15-9-7-6-8-10-15/h6-10,14H,11H2,1-5H3,(H,19,23,24)/p+1/t14-/m0/s1. The molecule has 1 unspecified atom stereocenters. The van der Waals surface area contributed by atoms with E-state index in [0.717, 1.165) is 27.5 Å². The van der Waals surface area contributed by atoms with E-state index in [2.05, 4.69) is 15.2 Å². The molecule has 2 rings (SSSR count). The Bertz CT molecular complexity index is 755. The third-order valence-corrected chi connectivity index (χ3v) is 4.44. The molecule has 1 aromatic heterocycles. The lowest BCUT2D eigenvalue weighted by atomic mass is 10.1. The molecule has 2 aromatic rings. The van der Waals surface area contributed by atoms with E-state index in [1.54, 1.807) is 6.92 Å². The van der Waals surface area contributed by atoms with Crippen LogP contribution in [0, 0.1) is 13.8 Å². The van der Waals surface area contributed by atoms with Crippen molar-refractivity contribution in [1.29, 1.82) is 0 Å². The van der Waals surface area contributed by atoms with Crippen LogP contribution in [0.3, 0.4) is 0 Å². The van der Waals surface area contributed by atoms with E-state index in [9.17, 15) is 9.59 Å². The van der Waals surface area contributed by atoms with Gasteiger partial charge < -0.3 is 9.64 Å². The Morgan fingerprint density at radius 2 is 1.92 bits per heavy atom. The Balaban J connectivity index is 2.16. The van der Waals surface area contributed by atoms with Gasteiger partial charge in [0.2, 0.25) is 0 Å². The predicted molar refractivity (Wildman–Crippen MR) is 93.6 cm³/mol. The third kappa shape index (κ3) is 4.24. The number of para-hydroxylation sites is 1. The minimum atomic E-state index is -0.742. The molecule has 0 saturated carbocycles. The first-order chi connectivity index (χ1) is 11.8. The fourth-order valence-corrected chi connectivity index (χ4v) is 2.67. The molecule has 2 N–H and O–H groups in total. The van der Waals surface area contributed by atoms with Gasteiger partial charge in [-0.2, -0.15) is 5.10 Å². The van der Waals surface area contributed by atoms with Crippen molar-refractivity contribution in [3.8, 4) is 5.69 Å². The highest BCUT2D eigenvalue weighted by Crippen LogP contribution is 2.16. The van der Waals surface area contributed by atoms with Crippen molar-refractivity contribution in [2.45, 2.75) is 33.4 Å². The number of hydrogen-bond donors (Lipinski definition) is 2. The summed E-state index contributed by atoms with van der Waals surface area (Å²) in [6, 6.07) is 9.52. The molecule has 25 heavy (non-hydrogen) atoms. The summed E-state index contributed by atoms with van der Waals surface area (Å²) in [7, 11) is 3.15. The van der Waals surface area contributed by atoms with Crippen LogP contribution < -0.4 is 10.2 Å². The van der Waals surface area contributed by atoms with Crippen molar-refractivity contribution in [3.63, 3.8) is 0 Å². The number of likely N-dealkylation sites (N-methyl/N-ethyl adjacent to an activating group) is 1. The summed E-state index contributed by atoms with van der Waals surface area (Å²) in [6.07, 6.45) is -0.742. The average molecular weight is 345 g/mol. The van der Waals surface area contributed by atoms with Crippen LogP contribution in [0.1, 0.15) is 23.9 Å². The van der Waals surface area contributed by atoms with E-state index in [1.807, 2.05) is 55.9 Å². The molecule has 0 aliphatic heterocycles. The van der Waals surface area contributed by atoms with Crippen LogP contribution in [-0.2, 0) is 16.1 Å². The smallest absolute Gasteiger partial charge is 0.413 e. The van der Waals surface area contributed by atoms with Crippen LogP contribution in [0.25, 0.3) is 5.69 Å². The number of carbonyl (C=O) groups is 2. The van der Waals surface area contributed by atoms with Gasteiger partial charge in [0.1, 0.15) is 6.54 Å². The minimum Gasteiger partial charge on any atom is -0.453 e. The fourth-order valence-electron chi connectivity index (χ4n) is 2.67. The molecule has 0 spiro atoms. The van der Waals surface area contributed by atoms with E-state index >= 15 is 0 Å². The quantitative estimate of drug-likeness (QED) is 0.839. The van der Waals surface area contributed by atoms with E-state index in [4.69, 9.17) is 0 Å². The summed E-state index contributed by atoms with van der Waals surface area (Å²) in [5.74, 6) is -0.366. The zero-order valence-electron chi connectivity index (χ0n) is 15.3. The molecule has 1 aromatic carbocycles. The van der Waals surface area contributed by atoms with Crippen molar-refractivity contribution < 1.29 is 19.2 Å². The summed E-state index contributed by atoms with van der Waals surface area (Å²) < 4.78 is 6.38. The van der Waals surface area contributed by atoms with Crippen LogP contribution in [0.5, 0.6) is 0 Å². The van der Waals surface area contributed by atoms with Crippen LogP contribution in [-0.4, -0.2) is 42.0 Å². The van der Waals surface area contributed by atoms with Gasteiger partial charge in [0.15, 0.2) is 6.04 Å². The first-order valence-electron chi connectivity index (χ1n) is 8.16. The van der Waals surface area contributed by atoms with Gasteiger partial charge in [0, 0.05) is 0 Å². The number of imide groups is 1. The second kappa shape index (κ2) is 7.94. The molecule has 1 heterocycles. The number of nitrogens with one attached hydrogen (secondary N) is 2. The number of carbonyl (C=O) groups excluding carboxylic acids is 2. The third-order valence-electron chi connectivity index (χ3n) is 4.44. The normalized spacial score (nSPS) is 13.2. The summed E-state index contributed by atoms with van der Waals surface area (Å²) >= 11 is 0. The van der Waals surface area contributed by atoms with Gasteiger partial charge in [0.25, 0.3) is 5.91 Å². The molecular weight excluding hydrogens is 320 g/mol. The number of aryl methyl sites for hydroxylation is 1. The molecule has 0 fully saturated rings. The molecule has 134 valence electrons. The maximum Gasteiger partial charge on any atom is 0.413 e. The molecule has 0 aliphatic carbocycles. The highest BCUT2D eigenvalue weighted by molar-refractivity contribution is 5.93. The van der Waals surface area contributed by atoms with Crippen LogP contribution in [0.15, 0.2) is 30.3 Å². The molecule has 0 radical (unpaired) electrons.